The summed E-state index contributed by atoms with van der Waals surface area (Å²) in [4.78, 5) is 5.10. The van der Waals surface area contributed by atoms with Gasteiger partial charge < -0.3 is 25.2 Å². The molecule has 4 fully saturated rings. The van der Waals surface area contributed by atoms with E-state index in [4.69, 9.17) is 4.74 Å². The summed E-state index contributed by atoms with van der Waals surface area (Å²) in [6, 6.07) is 10.3. The van der Waals surface area contributed by atoms with Gasteiger partial charge in [0, 0.05) is 47.5 Å². The van der Waals surface area contributed by atoms with Crippen LogP contribution in [-0.2, 0) is 23.7 Å². The number of aromatic hydroxyl groups is 2. The minimum absolute atomic E-state index is 0.123. The molecular weight excluding hydrogens is 576 g/mol. The molecule has 2 saturated carbocycles. The Morgan fingerprint density at radius 1 is 0.935 bits per heavy atom. The van der Waals surface area contributed by atoms with Crippen molar-refractivity contribution in [3.8, 4) is 17.2 Å². The van der Waals surface area contributed by atoms with Crippen molar-refractivity contribution in [3.05, 3.63) is 77.4 Å². The van der Waals surface area contributed by atoms with Crippen LogP contribution in [-0.4, -0.2) is 86.3 Å². The van der Waals surface area contributed by atoms with Crippen LogP contribution >= 0.6 is 0 Å². The van der Waals surface area contributed by atoms with Crippen molar-refractivity contribution in [1.29, 1.82) is 0 Å². The number of rotatable bonds is 4. The number of nitrogens with zero attached hydrogens (tertiary/aromatic N) is 2. The Bertz CT molecular complexity index is 1600. The Hall–Kier alpha value is -2.84. The second-order valence-electron chi connectivity index (χ2n) is 15.7. The molecule has 10 rings (SSSR count). The maximum Gasteiger partial charge on any atom is 0.165 e. The summed E-state index contributed by atoms with van der Waals surface area (Å²) in [6.07, 6.45) is 16.1. The van der Waals surface area contributed by atoms with E-state index in [2.05, 4.69) is 28.5 Å². The first-order valence-corrected chi connectivity index (χ1v) is 17.8. The average molecular weight is 625 g/mol. The Morgan fingerprint density at radius 3 is 2.57 bits per heavy atom. The van der Waals surface area contributed by atoms with Crippen molar-refractivity contribution in [2.24, 2.45) is 11.8 Å². The van der Waals surface area contributed by atoms with Crippen LogP contribution in [0.25, 0.3) is 0 Å². The Labute approximate surface area is 272 Å². The molecule has 0 radical (unpaired) electrons. The Kier molecular flexibility index (Phi) is 6.58. The zero-order valence-corrected chi connectivity index (χ0v) is 26.8. The van der Waals surface area contributed by atoms with E-state index < -0.39 is 11.7 Å². The maximum atomic E-state index is 11.9. The first-order chi connectivity index (χ1) is 22.3. The second-order valence-corrected chi connectivity index (χ2v) is 15.7. The number of phenols is 2. The van der Waals surface area contributed by atoms with Gasteiger partial charge in [-0.15, -0.1) is 6.58 Å². The first kappa shape index (κ1) is 29.3. The fourth-order valence-electron chi connectivity index (χ4n) is 11.5. The maximum absolute atomic E-state index is 11.9. The lowest BCUT2D eigenvalue weighted by molar-refractivity contribution is -0.166. The molecule has 2 aromatic carbocycles. The molecule has 0 amide bonds. The number of hydrogen-bond acceptors (Lipinski definition) is 7. The lowest BCUT2D eigenvalue weighted by Gasteiger charge is -2.64. The fourth-order valence-corrected chi connectivity index (χ4v) is 11.5. The lowest BCUT2D eigenvalue weighted by Crippen LogP contribution is -2.72. The molecule has 4 N–H and O–H groups in total. The van der Waals surface area contributed by atoms with E-state index in [0.29, 0.717) is 23.5 Å². The number of fused-ring (bicyclic) bond motifs is 1. The Morgan fingerprint density at radius 2 is 1.74 bits per heavy atom. The van der Waals surface area contributed by atoms with Crippen LogP contribution in [0.2, 0.25) is 0 Å². The van der Waals surface area contributed by atoms with Crippen molar-refractivity contribution in [3.63, 3.8) is 0 Å². The van der Waals surface area contributed by atoms with Gasteiger partial charge in [0.2, 0.25) is 0 Å². The monoisotopic (exact) mass is 624 g/mol. The molecule has 7 heteroatoms. The average Bonchev–Trinajstić information content (AvgIpc) is 3.79. The molecule has 2 aromatic rings. The summed E-state index contributed by atoms with van der Waals surface area (Å²) in [5.41, 5.74) is 4.12. The van der Waals surface area contributed by atoms with Crippen molar-refractivity contribution in [2.75, 3.05) is 26.2 Å². The van der Waals surface area contributed by atoms with Gasteiger partial charge in [-0.25, -0.2) is 0 Å². The van der Waals surface area contributed by atoms with Crippen molar-refractivity contribution < 1.29 is 25.2 Å². The molecule has 0 aromatic heterocycles. The molecule has 244 valence electrons. The van der Waals surface area contributed by atoms with Crippen molar-refractivity contribution in [1.82, 2.24) is 9.80 Å². The second kappa shape index (κ2) is 10.3. The number of likely N-dealkylation sites (tertiary alicyclic amines) is 2. The number of piperidine rings is 2. The van der Waals surface area contributed by atoms with E-state index in [1.165, 1.54) is 42.5 Å². The van der Waals surface area contributed by atoms with E-state index >= 15 is 0 Å². The topological polar surface area (TPSA) is 96.6 Å². The first-order valence-electron chi connectivity index (χ1n) is 17.8. The van der Waals surface area contributed by atoms with Gasteiger partial charge in [0.15, 0.2) is 11.5 Å². The number of benzene rings is 2. The van der Waals surface area contributed by atoms with Crippen LogP contribution in [0.15, 0.2) is 55.1 Å². The van der Waals surface area contributed by atoms with Gasteiger partial charge in [0.1, 0.15) is 18.0 Å². The van der Waals surface area contributed by atoms with Crippen molar-refractivity contribution >= 4 is 0 Å². The molecule has 46 heavy (non-hydrogen) atoms. The number of hydrogen-bond donors (Lipinski definition) is 4. The highest BCUT2D eigenvalue weighted by atomic mass is 16.5. The van der Waals surface area contributed by atoms with Crippen LogP contribution in [0.4, 0.5) is 0 Å². The summed E-state index contributed by atoms with van der Waals surface area (Å²) in [5.74, 6) is 2.35. The fraction of sp³-hybridized carbons (Fsp3) is 0.590. The quantitative estimate of drug-likeness (QED) is 0.366. The van der Waals surface area contributed by atoms with Gasteiger partial charge >= 0.3 is 0 Å². The largest absolute Gasteiger partial charge is 0.508 e. The van der Waals surface area contributed by atoms with E-state index in [1.807, 2.05) is 30.4 Å². The molecule has 2 saturated heterocycles. The Balaban J connectivity index is 0.000000127. The van der Waals surface area contributed by atoms with Crippen LogP contribution < -0.4 is 4.74 Å². The molecule has 3 aliphatic heterocycles. The van der Waals surface area contributed by atoms with Crippen LogP contribution in [0, 0.1) is 11.8 Å². The molecular formula is C39H48N2O5. The molecule has 1 spiro atoms. The number of aliphatic hydroxyl groups excluding tert-OH is 1. The SMILES string of the molecule is C=CCN1CC[C@]23c4c5ccc(O)c4O[C@H]2[C@@H](O)C=C[C@H]3[C@H]1C5.Oc1ccc2c(c1)[C@@]13CCCC[C@@]1(O)[C@@H](C2)N(CC1CC1)CC3. The predicted octanol–water partition coefficient (Wildman–Crippen LogP) is 4.73. The summed E-state index contributed by atoms with van der Waals surface area (Å²) >= 11 is 0. The highest BCUT2D eigenvalue weighted by molar-refractivity contribution is 5.61. The molecule has 4 bridgehead atoms. The van der Waals surface area contributed by atoms with Gasteiger partial charge in [-0.3, -0.25) is 9.80 Å². The molecule has 7 nitrogen and oxygen atoms in total. The molecule has 3 heterocycles. The molecule has 8 aliphatic rings. The van der Waals surface area contributed by atoms with Crippen LogP contribution in [0.5, 0.6) is 17.2 Å². The minimum Gasteiger partial charge on any atom is -0.508 e. The highest BCUT2D eigenvalue weighted by Gasteiger charge is 2.65. The third-order valence-corrected chi connectivity index (χ3v) is 13.6. The smallest absolute Gasteiger partial charge is 0.165 e. The lowest BCUT2D eigenvalue weighted by atomic mass is 9.49. The summed E-state index contributed by atoms with van der Waals surface area (Å²) in [7, 11) is 0. The van der Waals surface area contributed by atoms with Gasteiger partial charge in [0.05, 0.1) is 5.60 Å². The third kappa shape index (κ3) is 3.92. The molecule has 0 unspecified atom stereocenters. The third-order valence-electron chi connectivity index (χ3n) is 13.6. The van der Waals surface area contributed by atoms with E-state index in [1.54, 1.807) is 6.07 Å². The zero-order valence-electron chi connectivity index (χ0n) is 26.8. The van der Waals surface area contributed by atoms with E-state index in [9.17, 15) is 20.4 Å². The minimum atomic E-state index is -0.615. The number of aliphatic hydroxyl groups is 2. The van der Waals surface area contributed by atoms with E-state index in [0.717, 1.165) is 76.1 Å². The van der Waals surface area contributed by atoms with Gasteiger partial charge in [-0.1, -0.05) is 43.2 Å². The zero-order chi connectivity index (χ0) is 31.4. The standard InChI is InChI=1S/C20H27NO2.C19H21NO3/c22-16-6-5-15-11-18-20(23)8-2-1-7-19(20,17(15)12-16)9-10-21(18)13-14-3-4-14;1-2-8-20-9-7-19-12-4-6-15(22)18(19)23-17-14(21)5-3-11(16(17)19)10-13(12)20/h5-6,12,14,18,22-23H,1-4,7-11,13H2;2-6,12-13,15,18,21-22H,1,7-10H2/t18-,19+,20-;12-,13+,15-,18-,19-/m10/s1. The predicted molar refractivity (Wildman–Crippen MR) is 176 cm³/mol. The summed E-state index contributed by atoms with van der Waals surface area (Å²) in [5, 5.41) is 42.7. The normalized spacial score (nSPS) is 39.7. The van der Waals surface area contributed by atoms with Gasteiger partial charge in [-0.05, 0) is 105 Å². The number of phenolic OH excluding ortho intramolecular Hbond substituents is 2. The summed E-state index contributed by atoms with van der Waals surface area (Å²) in [6.45, 7) is 8.05. The molecule has 8 atom stereocenters. The van der Waals surface area contributed by atoms with E-state index in [-0.39, 0.29) is 28.7 Å². The van der Waals surface area contributed by atoms with Crippen LogP contribution in [0.3, 0.4) is 0 Å². The van der Waals surface area contributed by atoms with Gasteiger partial charge in [0.25, 0.3) is 0 Å². The molecule has 5 aliphatic carbocycles. The van der Waals surface area contributed by atoms with Gasteiger partial charge in [-0.2, -0.15) is 0 Å². The van der Waals surface area contributed by atoms with Crippen LogP contribution in [0.1, 0.15) is 73.6 Å². The highest BCUT2D eigenvalue weighted by Crippen LogP contribution is 2.63. The summed E-state index contributed by atoms with van der Waals surface area (Å²) < 4.78 is 6.13. The number of ether oxygens (including phenoxy) is 1. The van der Waals surface area contributed by atoms with Crippen molar-refractivity contribution in [2.45, 2.75) is 105 Å².